The summed E-state index contributed by atoms with van der Waals surface area (Å²) in [5.74, 6) is -0.345. The van der Waals surface area contributed by atoms with Crippen LogP contribution in [-0.4, -0.2) is 47.1 Å². The van der Waals surface area contributed by atoms with Gasteiger partial charge in [-0.1, -0.05) is 0 Å². The highest BCUT2D eigenvalue weighted by Gasteiger charge is 2.48. The fourth-order valence-electron chi connectivity index (χ4n) is 4.54. The first-order valence-electron chi connectivity index (χ1n) is 10.3. The number of rotatable bonds is 4. The second kappa shape index (κ2) is 7.32. The van der Waals surface area contributed by atoms with Gasteiger partial charge >= 0.3 is 0 Å². The van der Waals surface area contributed by atoms with E-state index in [1.807, 2.05) is 13.0 Å². The highest BCUT2D eigenvalue weighted by atomic mass is 16.5. The first-order valence-corrected chi connectivity index (χ1v) is 10.3. The average Bonchev–Trinajstić information content (AvgIpc) is 3.51. The first kappa shape index (κ1) is 18.9. The number of nitrogens with zero attached hydrogens (tertiary/aromatic N) is 1. The zero-order valence-corrected chi connectivity index (χ0v) is 16.7. The largest absolute Gasteiger partial charge is 0.507 e. The Morgan fingerprint density at radius 2 is 2.13 bits per heavy atom. The number of ketones is 1. The van der Waals surface area contributed by atoms with Gasteiger partial charge in [0.25, 0.3) is 11.7 Å². The molecule has 3 aliphatic rings. The highest BCUT2D eigenvalue weighted by Crippen LogP contribution is 2.41. The Kier molecular flexibility index (Phi) is 4.62. The summed E-state index contributed by atoms with van der Waals surface area (Å²) in [5, 5.41) is 11.1. The van der Waals surface area contributed by atoms with Crippen molar-refractivity contribution in [1.29, 1.82) is 0 Å². The third kappa shape index (κ3) is 3.10. The maximum absolute atomic E-state index is 13.0. The molecule has 0 aliphatic carbocycles. The number of fused-ring (bicyclic) bond motifs is 1. The summed E-state index contributed by atoms with van der Waals surface area (Å²) in [6.07, 6.45) is 3.92. The number of hydrogen-bond donors (Lipinski definition) is 1. The minimum atomic E-state index is -0.785. The van der Waals surface area contributed by atoms with Gasteiger partial charge in [-0.2, -0.15) is 0 Å². The molecule has 1 aromatic heterocycles. The van der Waals surface area contributed by atoms with Gasteiger partial charge in [-0.15, -0.1) is 0 Å². The van der Waals surface area contributed by atoms with Crippen LogP contribution < -0.4 is 4.74 Å². The van der Waals surface area contributed by atoms with Gasteiger partial charge in [0.2, 0.25) is 0 Å². The molecule has 3 aliphatic heterocycles. The zero-order chi connectivity index (χ0) is 20.8. The third-order valence-corrected chi connectivity index (χ3v) is 5.95. The number of amides is 1. The lowest BCUT2D eigenvalue weighted by Gasteiger charge is -2.25. The van der Waals surface area contributed by atoms with Crippen LogP contribution in [0.1, 0.15) is 42.7 Å². The molecular weight excluding hydrogens is 386 g/mol. The molecule has 5 rings (SSSR count). The van der Waals surface area contributed by atoms with Gasteiger partial charge in [-0.05, 0) is 55.7 Å². The van der Waals surface area contributed by atoms with Crippen molar-refractivity contribution in [3.63, 3.8) is 0 Å². The molecule has 3 atom stereocenters. The molecule has 30 heavy (non-hydrogen) atoms. The van der Waals surface area contributed by atoms with Crippen LogP contribution in [-0.2, 0) is 20.7 Å². The lowest BCUT2D eigenvalue weighted by molar-refractivity contribution is -0.141. The van der Waals surface area contributed by atoms with Crippen molar-refractivity contribution in [2.24, 2.45) is 0 Å². The van der Waals surface area contributed by atoms with Gasteiger partial charge in [0.1, 0.15) is 29.4 Å². The maximum Gasteiger partial charge on any atom is 0.295 e. The van der Waals surface area contributed by atoms with Gasteiger partial charge in [-0.3, -0.25) is 9.59 Å². The molecule has 1 amide bonds. The molecule has 0 radical (unpaired) electrons. The molecule has 0 unspecified atom stereocenters. The smallest absolute Gasteiger partial charge is 0.295 e. The van der Waals surface area contributed by atoms with Crippen LogP contribution in [0.4, 0.5) is 0 Å². The first-order chi connectivity index (χ1) is 14.5. The van der Waals surface area contributed by atoms with Crippen molar-refractivity contribution >= 4 is 17.4 Å². The Bertz CT molecular complexity index is 1020. The molecule has 156 valence electrons. The Morgan fingerprint density at radius 1 is 1.27 bits per heavy atom. The number of Topliss-reactive ketones (excluding diaryl/α,β-unsaturated/α-hetero) is 1. The standard InChI is InChI=1S/C23H23NO6/c1-13-10-15-11-14(6-7-17(15)30-13)21(25)19-20(18-5-3-9-29-18)24(23(27)22(19)26)12-16-4-2-8-28-16/h3,5-7,9,11,13,16,20,25H,2,4,8,10,12H2,1H3/b21-19+/t13-,16+,20+/m1/s1. The Morgan fingerprint density at radius 3 is 2.87 bits per heavy atom. The SMILES string of the molecule is C[C@@H]1Cc2cc(/C(O)=C3\C(=O)C(=O)N(C[C@@H]4CCCO4)[C@H]3c3ccco3)ccc2O1. The molecule has 1 aromatic carbocycles. The van der Waals surface area contributed by atoms with Crippen molar-refractivity contribution in [1.82, 2.24) is 4.90 Å². The lowest BCUT2D eigenvalue weighted by Crippen LogP contribution is -2.36. The lowest BCUT2D eigenvalue weighted by atomic mass is 9.97. The number of carbonyl (C=O) groups is 2. The van der Waals surface area contributed by atoms with Gasteiger partial charge in [0, 0.05) is 25.1 Å². The number of likely N-dealkylation sites (tertiary alicyclic amines) is 1. The topological polar surface area (TPSA) is 89.2 Å². The summed E-state index contributed by atoms with van der Waals surface area (Å²) in [6.45, 7) is 2.91. The molecule has 2 aromatic rings. The summed E-state index contributed by atoms with van der Waals surface area (Å²) >= 11 is 0. The predicted molar refractivity (Wildman–Crippen MR) is 107 cm³/mol. The summed E-state index contributed by atoms with van der Waals surface area (Å²) in [7, 11) is 0. The van der Waals surface area contributed by atoms with E-state index in [0.29, 0.717) is 17.9 Å². The van der Waals surface area contributed by atoms with E-state index >= 15 is 0 Å². The van der Waals surface area contributed by atoms with Crippen molar-refractivity contribution in [2.75, 3.05) is 13.2 Å². The molecule has 0 spiro atoms. The van der Waals surface area contributed by atoms with E-state index in [9.17, 15) is 14.7 Å². The van der Waals surface area contributed by atoms with Crippen LogP contribution in [0.25, 0.3) is 5.76 Å². The predicted octanol–water partition coefficient (Wildman–Crippen LogP) is 3.20. The number of ether oxygens (including phenoxy) is 2. The van der Waals surface area contributed by atoms with Crippen molar-refractivity contribution in [3.05, 3.63) is 59.1 Å². The number of aliphatic hydroxyl groups is 1. The van der Waals surface area contributed by atoms with Crippen LogP contribution in [0.3, 0.4) is 0 Å². The number of benzene rings is 1. The second-order valence-corrected chi connectivity index (χ2v) is 8.06. The minimum Gasteiger partial charge on any atom is -0.507 e. The molecule has 7 heteroatoms. The van der Waals surface area contributed by atoms with E-state index in [4.69, 9.17) is 13.9 Å². The number of hydrogen-bond acceptors (Lipinski definition) is 6. The van der Waals surface area contributed by atoms with Gasteiger partial charge < -0.3 is 23.9 Å². The molecule has 0 saturated carbocycles. The molecule has 4 heterocycles. The number of furan rings is 1. The van der Waals surface area contributed by atoms with Gasteiger partial charge in [0.15, 0.2) is 0 Å². The van der Waals surface area contributed by atoms with Crippen molar-refractivity contribution in [2.45, 2.75) is 44.4 Å². The average molecular weight is 409 g/mol. The van der Waals surface area contributed by atoms with Crippen LogP contribution in [0.2, 0.25) is 0 Å². The Balaban J connectivity index is 1.57. The quantitative estimate of drug-likeness (QED) is 0.474. The molecular formula is C23H23NO6. The van der Waals surface area contributed by atoms with Crippen LogP contribution in [0.15, 0.2) is 46.6 Å². The van der Waals surface area contributed by atoms with Crippen molar-refractivity contribution in [3.8, 4) is 5.75 Å². The third-order valence-electron chi connectivity index (χ3n) is 5.95. The van der Waals surface area contributed by atoms with E-state index < -0.39 is 17.7 Å². The molecule has 2 fully saturated rings. The summed E-state index contributed by atoms with van der Waals surface area (Å²) in [5.41, 5.74) is 1.49. The fraction of sp³-hybridized carbons (Fsp3) is 0.391. The second-order valence-electron chi connectivity index (χ2n) is 8.06. The van der Waals surface area contributed by atoms with Crippen molar-refractivity contribution < 1.29 is 28.6 Å². The van der Waals surface area contributed by atoms with Crippen LogP contribution in [0.5, 0.6) is 5.75 Å². The minimum absolute atomic E-state index is 0.0415. The zero-order valence-electron chi connectivity index (χ0n) is 16.7. The Labute approximate surface area is 173 Å². The molecule has 0 bridgehead atoms. The monoisotopic (exact) mass is 409 g/mol. The van der Waals surface area contributed by atoms with Crippen LogP contribution in [0, 0.1) is 0 Å². The Hall–Kier alpha value is -3.06. The van der Waals surface area contributed by atoms with E-state index in [2.05, 4.69) is 0 Å². The summed E-state index contributed by atoms with van der Waals surface area (Å²) in [4.78, 5) is 27.3. The van der Waals surface area contributed by atoms with Gasteiger partial charge in [0.05, 0.1) is 17.9 Å². The highest BCUT2D eigenvalue weighted by molar-refractivity contribution is 6.46. The molecule has 7 nitrogen and oxygen atoms in total. The van der Waals surface area contributed by atoms with E-state index in [0.717, 1.165) is 30.6 Å². The molecule has 1 N–H and O–H groups in total. The fourth-order valence-corrected chi connectivity index (χ4v) is 4.54. The van der Waals surface area contributed by atoms with E-state index in [1.54, 1.807) is 24.3 Å². The van der Waals surface area contributed by atoms with Gasteiger partial charge in [-0.25, -0.2) is 0 Å². The molecule has 2 saturated heterocycles. The van der Waals surface area contributed by atoms with E-state index in [1.165, 1.54) is 11.2 Å². The summed E-state index contributed by atoms with van der Waals surface area (Å²) in [6, 6.07) is 7.95. The van der Waals surface area contributed by atoms with E-state index in [-0.39, 0.29) is 30.1 Å². The summed E-state index contributed by atoms with van der Waals surface area (Å²) < 4.78 is 17.0. The number of aliphatic hydroxyl groups excluding tert-OH is 1. The normalized spacial score (nSPS) is 27.5. The maximum atomic E-state index is 13.0. The number of carbonyl (C=O) groups excluding carboxylic acids is 2. The van der Waals surface area contributed by atoms with Crippen LogP contribution >= 0.6 is 0 Å².